The number of hydrogen-bond donors (Lipinski definition) is 0. The van der Waals surface area contributed by atoms with Crippen molar-refractivity contribution in [2.75, 3.05) is 0 Å². The van der Waals surface area contributed by atoms with E-state index in [1.807, 2.05) is 6.07 Å². The topological polar surface area (TPSA) is 13.1 Å². The molecule has 0 spiro atoms. The molecule has 53 heavy (non-hydrogen) atoms. The predicted molar refractivity (Wildman–Crippen MR) is 228 cm³/mol. The summed E-state index contributed by atoms with van der Waals surface area (Å²) in [5, 5.41) is 2.31. The van der Waals surface area contributed by atoms with Crippen molar-refractivity contribution in [2.24, 2.45) is 0 Å². The van der Waals surface area contributed by atoms with Gasteiger partial charge in [0.05, 0.1) is 0 Å². The molecule has 262 valence electrons. The summed E-state index contributed by atoms with van der Waals surface area (Å²) >= 11 is 3.79. The van der Waals surface area contributed by atoms with Gasteiger partial charge < -0.3 is 4.42 Å². The molecular formula is C51H45BrO. The van der Waals surface area contributed by atoms with Gasteiger partial charge in [-0.1, -0.05) is 194 Å². The molecule has 2 heteroatoms. The minimum absolute atomic E-state index is 0.0225. The van der Waals surface area contributed by atoms with E-state index in [1.54, 1.807) is 0 Å². The molecule has 8 rings (SSSR count). The third kappa shape index (κ3) is 7.26. The van der Waals surface area contributed by atoms with Crippen LogP contribution >= 0.6 is 15.9 Å². The number of halogens is 1. The van der Waals surface area contributed by atoms with Gasteiger partial charge in [-0.25, -0.2) is 0 Å². The second kappa shape index (κ2) is 15.8. The van der Waals surface area contributed by atoms with Crippen LogP contribution in [0.5, 0.6) is 0 Å². The van der Waals surface area contributed by atoms with Gasteiger partial charge in [0.2, 0.25) is 0 Å². The van der Waals surface area contributed by atoms with Crippen molar-refractivity contribution in [3.63, 3.8) is 0 Å². The minimum Gasteiger partial charge on any atom is -0.455 e. The van der Waals surface area contributed by atoms with Gasteiger partial charge in [-0.05, 0) is 82.5 Å². The highest BCUT2D eigenvalue weighted by molar-refractivity contribution is 9.10. The largest absolute Gasteiger partial charge is 0.455 e. The molecule has 0 aliphatic heterocycles. The molecule has 0 aliphatic rings. The maximum atomic E-state index is 6.43. The minimum atomic E-state index is -0.0225. The molecule has 0 fully saturated rings. The third-order valence-corrected chi connectivity index (χ3v) is 11.7. The average molecular weight is 754 g/mol. The van der Waals surface area contributed by atoms with Crippen LogP contribution in [0.1, 0.15) is 73.6 Å². The number of rotatable bonds is 13. The Morgan fingerprint density at radius 2 is 1.11 bits per heavy atom. The van der Waals surface area contributed by atoms with Crippen LogP contribution in [0.4, 0.5) is 0 Å². The zero-order chi connectivity index (χ0) is 36.0. The summed E-state index contributed by atoms with van der Waals surface area (Å²) in [4.78, 5) is 0. The Balaban J connectivity index is 1.13. The second-order valence-electron chi connectivity index (χ2n) is 14.4. The van der Waals surface area contributed by atoms with Gasteiger partial charge in [0.25, 0.3) is 0 Å². The molecular weight excluding hydrogens is 708 g/mol. The summed E-state index contributed by atoms with van der Waals surface area (Å²) in [5.41, 5.74) is 12.1. The smallest absolute Gasteiger partial charge is 0.143 e. The van der Waals surface area contributed by atoms with E-state index in [0.29, 0.717) is 0 Å². The molecule has 7 aromatic carbocycles. The van der Waals surface area contributed by atoms with Crippen LogP contribution in [-0.4, -0.2) is 0 Å². The van der Waals surface area contributed by atoms with Gasteiger partial charge in [-0.3, -0.25) is 0 Å². The summed E-state index contributed by atoms with van der Waals surface area (Å²) in [6.45, 7) is 2.31. The van der Waals surface area contributed by atoms with Crippen molar-refractivity contribution in [1.29, 1.82) is 0 Å². The monoisotopic (exact) mass is 752 g/mol. The molecule has 8 aromatic rings. The molecule has 0 amide bonds. The van der Waals surface area contributed by atoms with Crippen molar-refractivity contribution in [3.05, 3.63) is 203 Å². The maximum Gasteiger partial charge on any atom is 0.143 e. The van der Waals surface area contributed by atoms with E-state index >= 15 is 0 Å². The van der Waals surface area contributed by atoms with E-state index < -0.39 is 0 Å². The molecule has 0 radical (unpaired) electrons. The van der Waals surface area contributed by atoms with Crippen LogP contribution in [0.25, 0.3) is 44.2 Å². The standard InChI is InChI=1S/C51H45BrO/c1-2-3-32-51(42-22-6-4-7-23-42,43-24-8-5-9-25-43)33-16-30-45(41-21-14-26-44(52)36-41)39-19-12-17-37(34-39)38-18-13-20-40(35-38)46-28-15-29-48-47-27-10-11-31-49(47)53-50(46)48/h4-15,17-29,31,34-36,45H,2-3,16,30,32-33H2,1H3. The normalized spacial score (nSPS) is 12.3. The van der Waals surface area contributed by atoms with Gasteiger partial charge >= 0.3 is 0 Å². The Morgan fingerprint density at radius 1 is 0.528 bits per heavy atom. The van der Waals surface area contributed by atoms with Crippen LogP contribution in [0.3, 0.4) is 0 Å². The average Bonchev–Trinajstić information content (AvgIpc) is 3.61. The number of para-hydroxylation sites is 2. The lowest BCUT2D eigenvalue weighted by Gasteiger charge is -2.36. The molecule has 1 aromatic heterocycles. The first kappa shape index (κ1) is 34.9. The Hall–Kier alpha value is -5.18. The molecule has 1 heterocycles. The zero-order valence-corrected chi connectivity index (χ0v) is 31.9. The lowest BCUT2D eigenvalue weighted by molar-refractivity contribution is 0.398. The lowest BCUT2D eigenvalue weighted by Crippen LogP contribution is -2.28. The molecule has 1 nitrogen and oxygen atoms in total. The van der Waals surface area contributed by atoms with Crippen LogP contribution in [-0.2, 0) is 5.41 Å². The summed E-state index contributed by atoms with van der Waals surface area (Å²) in [5.74, 6) is 0.260. The van der Waals surface area contributed by atoms with E-state index in [9.17, 15) is 0 Å². The van der Waals surface area contributed by atoms with Crippen LogP contribution in [0, 0.1) is 0 Å². The number of benzene rings is 7. The summed E-state index contributed by atoms with van der Waals surface area (Å²) in [7, 11) is 0. The highest BCUT2D eigenvalue weighted by atomic mass is 79.9. The number of fused-ring (bicyclic) bond motifs is 3. The number of unbranched alkanes of at least 4 members (excludes halogenated alkanes) is 1. The number of hydrogen-bond acceptors (Lipinski definition) is 1. The Labute approximate surface area is 322 Å². The van der Waals surface area contributed by atoms with Crippen LogP contribution in [0.15, 0.2) is 185 Å². The van der Waals surface area contributed by atoms with Crippen molar-refractivity contribution in [3.8, 4) is 22.3 Å². The van der Waals surface area contributed by atoms with Gasteiger partial charge in [-0.2, -0.15) is 0 Å². The molecule has 0 saturated heterocycles. The Kier molecular flexibility index (Phi) is 10.4. The lowest BCUT2D eigenvalue weighted by atomic mass is 9.67. The quantitative estimate of drug-likeness (QED) is 0.114. The van der Waals surface area contributed by atoms with Crippen molar-refractivity contribution >= 4 is 37.9 Å². The van der Waals surface area contributed by atoms with Gasteiger partial charge in [0, 0.05) is 32.1 Å². The highest BCUT2D eigenvalue weighted by Gasteiger charge is 2.33. The fraction of sp³-hybridized carbons (Fsp3) is 0.176. The van der Waals surface area contributed by atoms with Crippen LogP contribution in [0.2, 0.25) is 0 Å². The second-order valence-corrected chi connectivity index (χ2v) is 15.3. The van der Waals surface area contributed by atoms with Crippen molar-refractivity contribution in [1.82, 2.24) is 0 Å². The Morgan fingerprint density at radius 3 is 1.85 bits per heavy atom. The third-order valence-electron chi connectivity index (χ3n) is 11.2. The summed E-state index contributed by atoms with van der Waals surface area (Å²) in [6.07, 6.45) is 6.79. The molecule has 0 saturated carbocycles. The van der Waals surface area contributed by atoms with Crippen LogP contribution < -0.4 is 0 Å². The predicted octanol–water partition coefficient (Wildman–Crippen LogP) is 15.2. The van der Waals surface area contributed by atoms with E-state index in [-0.39, 0.29) is 11.3 Å². The fourth-order valence-corrected chi connectivity index (χ4v) is 8.91. The molecule has 0 aliphatic carbocycles. The van der Waals surface area contributed by atoms with Gasteiger partial charge in [0.15, 0.2) is 0 Å². The van der Waals surface area contributed by atoms with Gasteiger partial charge in [0.1, 0.15) is 11.2 Å². The van der Waals surface area contributed by atoms with E-state index in [1.165, 1.54) is 46.2 Å². The van der Waals surface area contributed by atoms with E-state index in [2.05, 4.69) is 193 Å². The van der Waals surface area contributed by atoms with Crippen molar-refractivity contribution in [2.45, 2.75) is 56.8 Å². The fourth-order valence-electron chi connectivity index (χ4n) is 8.49. The van der Waals surface area contributed by atoms with Gasteiger partial charge in [-0.15, -0.1) is 0 Å². The highest BCUT2D eigenvalue weighted by Crippen LogP contribution is 2.44. The molecule has 1 atom stereocenters. The molecule has 0 bridgehead atoms. The van der Waals surface area contributed by atoms with E-state index in [4.69, 9.17) is 4.42 Å². The first-order valence-corrected chi connectivity index (χ1v) is 19.9. The number of furan rings is 1. The Bertz CT molecular complexity index is 2400. The zero-order valence-electron chi connectivity index (χ0n) is 30.3. The summed E-state index contributed by atoms with van der Waals surface area (Å²) in [6, 6.07) is 64.4. The molecule has 0 N–H and O–H groups in total. The first-order chi connectivity index (χ1) is 26.1. The van der Waals surface area contributed by atoms with E-state index in [0.717, 1.165) is 63.2 Å². The SMILES string of the molecule is CCCCC(CCCC(c1cccc(Br)c1)c1cccc(-c2cccc(-c3cccc4c3oc3ccccc34)c2)c1)(c1ccccc1)c1ccccc1. The summed E-state index contributed by atoms with van der Waals surface area (Å²) < 4.78 is 7.55. The first-order valence-electron chi connectivity index (χ1n) is 19.1. The van der Waals surface area contributed by atoms with Crippen molar-refractivity contribution < 1.29 is 4.42 Å². The maximum absolute atomic E-state index is 6.43. The molecule has 1 unspecified atom stereocenters.